The monoisotopic (exact) mass is 364 g/mol. The maximum absolute atomic E-state index is 12.9. The van der Waals surface area contributed by atoms with Gasteiger partial charge in [0.05, 0.1) is 5.75 Å². The number of carbonyl (C=O) groups is 1. The summed E-state index contributed by atoms with van der Waals surface area (Å²) >= 11 is 0. The van der Waals surface area contributed by atoms with Crippen LogP contribution in [0.3, 0.4) is 0 Å². The molecule has 0 unspecified atom stereocenters. The number of benzene rings is 1. The number of hydrogen-bond donors (Lipinski definition) is 0. The molecule has 0 aromatic heterocycles. The molecule has 2 heterocycles. The molecule has 5 nitrogen and oxygen atoms in total. The van der Waals surface area contributed by atoms with E-state index < -0.39 is 16.1 Å². The van der Waals surface area contributed by atoms with Crippen LogP contribution in [0.25, 0.3) is 0 Å². The minimum absolute atomic E-state index is 0.00289. The first-order valence-corrected chi connectivity index (χ1v) is 10.8. The van der Waals surface area contributed by atoms with Gasteiger partial charge < -0.3 is 4.90 Å². The Bertz CT molecular complexity index is 707. The first-order valence-electron chi connectivity index (χ1n) is 9.20. The molecule has 2 fully saturated rings. The van der Waals surface area contributed by atoms with Crippen LogP contribution >= 0.6 is 0 Å². The third-order valence-electron chi connectivity index (χ3n) is 5.41. The summed E-state index contributed by atoms with van der Waals surface area (Å²) in [5.41, 5.74) is 1.88. The molecular weight excluding hydrogens is 336 g/mol. The molecule has 0 spiro atoms. The minimum Gasteiger partial charge on any atom is -0.341 e. The quantitative estimate of drug-likeness (QED) is 0.825. The Morgan fingerprint density at radius 2 is 1.72 bits per heavy atom. The topological polar surface area (TPSA) is 57.7 Å². The molecule has 1 amide bonds. The van der Waals surface area contributed by atoms with Gasteiger partial charge >= 0.3 is 0 Å². The van der Waals surface area contributed by atoms with Crippen molar-refractivity contribution in [1.82, 2.24) is 9.21 Å². The van der Waals surface area contributed by atoms with Gasteiger partial charge in [0.1, 0.15) is 6.04 Å². The number of rotatable bonds is 4. The number of nitrogens with zero attached hydrogens (tertiary/aromatic N) is 2. The molecule has 0 saturated carbocycles. The van der Waals surface area contributed by atoms with Gasteiger partial charge in [0, 0.05) is 19.6 Å². The molecule has 3 rings (SSSR count). The van der Waals surface area contributed by atoms with Crippen molar-refractivity contribution < 1.29 is 13.2 Å². The van der Waals surface area contributed by atoms with E-state index in [1.807, 2.05) is 36.1 Å². The largest absolute Gasteiger partial charge is 0.341 e. The zero-order valence-electron chi connectivity index (χ0n) is 15.1. The molecule has 25 heavy (non-hydrogen) atoms. The predicted octanol–water partition coefficient (Wildman–Crippen LogP) is 2.55. The van der Waals surface area contributed by atoms with Gasteiger partial charge in [-0.1, -0.05) is 36.8 Å². The molecule has 0 aliphatic carbocycles. The van der Waals surface area contributed by atoms with E-state index in [4.69, 9.17) is 0 Å². The van der Waals surface area contributed by atoms with E-state index in [0.717, 1.165) is 43.5 Å². The standard InChI is InChI=1S/C19H28N2O3S/c1-15-5-7-17(8-6-15)14-25(23,24)21-11-3-4-18(21)19(22)20-12-9-16(2)10-13-20/h5-8,16,18H,3-4,9-14H2,1-2H3/t18-/m0/s1. The van der Waals surface area contributed by atoms with Gasteiger partial charge in [-0.3, -0.25) is 4.79 Å². The van der Waals surface area contributed by atoms with Gasteiger partial charge in [0.2, 0.25) is 15.9 Å². The first kappa shape index (κ1) is 18.4. The number of sulfonamides is 1. The number of piperidine rings is 1. The second kappa shape index (κ2) is 7.46. The number of likely N-dealkylation sites (tertiary alicyclic amines) is 1. The van der Waals surface area contributed by atoms with Crippen LogP contribution in [-0.4, -0.2) is 49.2 Å². The Morgan fingerprint density at radius 1 is 1.08 bits per heavy atom. The van der Waals surface area contributed by atoms with Gasteiger partial charge in [-0.25, -0.2) is 8.42 Å². The summed E-state index contributed by atoms with van der Waals surface area (Å²) in [5, 5.41) is 0. The highest BCUT2D eigenvalue weighted by Crippen LogP contribution is 2.27. The lowest BCUT2D eigenvalue weighted by atomic mass is 9.98. The molecule has 0 bridgehead atoms. The van der Waals surface area contributed by atoms with Crippen LogP contribution in [0, 0.1) is 12.8 Å². The van der Waals surface area contributed by atoms with Crippen molar-refractivity contribution in [1.29, 1.82) is 0 Å². The highest BCUT2D eigenvalue weighted by Gasteiger charge is 2.40. The smallest absolute Gasteiger partial charge is 0.241 e. The second-order valence-electron chi connectivity index (χ2n) is 7.52. The summed E-state index contributed by atoms with van der Waals surface area (Å²) in [7, 11) is -3.48. The molecule has 6 heteroatoms. The lowest BCUT2D eigenvalue weighted by Gasteiger charge is -2.34. The Balaban J connectivity index is 1.71. The third-order valence-corrected chi connectivity index (χ3v) is 7.26. The molecular formula is C19H28N2O3S. The number of aryl methyl sites for hydroxylation is 1. The Hall–Kier alpha value is -1.40. The summed E-state index contributed by atoms with van der Waals surface area (Å²) in [6.07, 6.45) is 3.41. The Kier molecular flexibility index (Phi) is 5.49. The highest BCUT2D eigenvalue weighted by molar-refractivity contribution is 7.88. The van der Waals surface area contributed by atoms with Crippen molar-refractivity contribution in [3.63, 3.8) is 0 Å². The summed E-state index contributed by atoms with van der Waals surface area (Å²) in [4.78, 5) is 14.7. The van der Waals surface area contributed by atoms with Crippen LogP contribution in [0.15, 0.2) is 24.3 Å². The zero-order valence-corrected chi connectivity index (χ0v) is 16.0. The maximum Gasteiger partial charge on any atom is 0.241 e. The van der Waals surface area contributed by atoms with Gasteiger partial charge in [-0.2, -0.15) is 4.31 Å². The molecule has 2 saturated heterocycles. The fourth-order valence-electron chi connectivity index (χ4n) is 3.74. The number of amides is 1. The summed E-state index contributed by atoms with van der Waals surface area (Å²) in [5.74, 6) is 0.611. The highest BCUT2D eigenvalue weighted by atomic mass is 32.2. The molecule has 0 N–H and O–H groups in total. The van der Waals surface area contributed by atoms with Crippen LogP contribution < -0.4 is 0 Å². The summed E-state index contributed by atoms with van der Waals surface area (Å²) in [6, 6.07) is 7.04. The molecule has 2 aliphatic rings. The van der Waals surface area contributed by atoms with Crippen LogP contribution in [0.2, 0.25) is 0 Å². The average Bonchev–Trinajstić information content (AvgIpc) is 3.07. The molecule has 1 atom stereocenters. The van der Waals surface area contributed by atoms with E-state index in [0.29, 0.717) is 18.9 Å². The third kappa shape index (κ3) is 4.23. The van der Waals surface area contributed by atoms with Crippen LogP contribution in [0.1, 0.15) is 43.7 Å². The number of hydrogen-bond acceptors (Lipinski definition) is 3. The van der Waals surface area contributed by atoms with E-state index in [1.54, 1.807) is 0 Å². The van der Waals surface area contributed by atoms with Gasteiger partial charge in [-0.05, 0) is 44.1 Å². The van der Waals surface area contributed by atoms with Crippen molar-refractivity contribution in [3.05, 3.63) is 35.4 Å². The molecule has 2 aliphatic heterocycles. The Morgan fingerprint density at radius 3 is 2.36 bits per heavy atom. The van der Waals surface area contributed by atoms with Gasteiger partial charge in [0.15, 0.2) is 0 Å². The fraction of sp³-hybridized carbons (Fsp3) is 0.632. The van der Waals surface area contributed by atoms with E-state index in [9.17, 15) is 13.2 Å². The maximum atomic E-state index is 12.9. The van der Waals surface area contributed by atoms with Crippen molar-refractivity contribution in [3.8, 4) is 0 Å². The molecule has 0 radical (unpaired) electrons. The minimum atomic E-state index is -3.48. The van der Waals surface area contributed by atoms with Gasteiger partial charge in [-0.15, -0.1) is 0 Å². The number of carbonyl (C=O) groups excluding carboxylic acids is 1. The van der Waals surface area contributed by atoms with Crippen LogP contribution in [0.4, 0.5) is 0 Å². The van der Waals surface area contributed by atoms with Crippen molar-refractivity contribution >= 4 is 15.9 Å². The predicted molar refractivity (Wildman–Crippen MR) is 98.5 cm³/mol. The lowest BCUT2D eigenvalue weighted by molar-refractivity contribution is -0.135. The normalized spacial score (nSPS) is 23.1. The van der Waals surface area contributed by atoms with E-state index in [2.05, 4.69) is 6.92 Å². The SMILES string of the molecule is Cc1ccc(CS(=O)(=O)N2CCC[C@H]2C(=O)N2CCC(C)CC2)cc1. The lowest BCUT2D eigenvalue weighted by Crippen LogP contribution is -2.50. The summed E-state index contributed by atoms with van der Waals surface area (Å²) in [6.45, 7) is 6.14. The zero-order chi connectivity index (χ0) is 18.0. The van der Waals surface area contributed by atoms with Crippen molar-refractivity contribution in [2.75, 3.05) is 19.6 Å². The molecule has 1 aromatic carbocycles. The van der Waals surface area contributed by atoms with E-state index in [1.165, 1.54) is 4.31 Å². The van der Waals surface area contributed by atoms with Crippen molar-refractivity contribution in [2.45, 2.75) is 51.3 Å². The first-order chi connectivity index (χ1) is 11.9. The van der Waals surface area contributed by atoms with Crippen LogP contribution in [0.5, 0.6) is 0 Å². The van der Waals surface area contributed by atoms with Crippen molar-refractivity contribution in [2.24, 2.45) is 5.92 Å². The molecule has 138 valence electrons. The van der Waals surface area contributed by atoms with Gasteiger partial charge in [0.25, 0.3) is 0 Å². The average molecular weight is 365 g/mol. The fourth-order valence-corrected chi connectivity index (χ4v) is 5.51. The summed E-state index contributed by atoms with van der Waals surface area (Å²) < 4.78 is 27.2. The second-order valence-corrected chi connectivity index (χ2v) is 9.44. The van der Waals surface area contributed by atoms with E-state index >= 15 is 0 Å². The van der Waals surface area contributed by atoms with Crippen LogP contribution in [-0.2, 0) is 20.6 Å². The van der Waals surface area contributed by atoms with E-state index in [-0.39, 0.29) is 11.7 Å². The molecule has 1 aromatic rings. The Labute approximate surface area is 151 Å².